The van der Waals surface area contributed by atoms with Crippen LogP contribution in [0.2, 0.25) is 0 Å². The van der Waals surface area contributed by atoms with E-state index in [4.69, 9.17) is 15.9 Å². The van der Waals surface area contributed by atoms with E-state index in [-0.39, 0.29) is 0 Å². The molecule has 0 spiro atoms. The van der Waals surface area contributed by atoms with Gasteiger partial charge >= 0.3 is 0 Å². The van der Waals surface area contributed by atoms with Crippen LogP contribution in [0.25, 0.3) is 0 Å². The van der Waals surface area contributed by atoms with Gasteiger partial charge in [-0.15, -0.1) is 0 Å². The summed E-state index contributed by atoms with van der Waals surface area (Å²) in [5.74, 6) is 0. The highest BCUT2D eigenvalue weighted by Gasteiger charge is 2.11. The average Bonchev–Trinajstić information content (AvgIpc) is 2.69. The zero-order valence-corrected chi connectivity index (χ0v) is 15.0. The second-order valence-corrected chi connectivity index (χ2v) is 6.43. The fraction of sp³-hybridized carbons (Fsp3) is 0.286. The van der Waals surface area contributed by atoms with Gasteiger partial charge in [0.25, 0.3) is 0 Å². The maximum absolute atomic E-state index is 8.52. The van der Waals surface area contributed by atoms with Crippen molar-refractivity contribution in [3.8, 4) is 0 Å². The number of nitrogens with zero attached hydrogens (tertiary/aromatic N) is 1. The van der Waals surface area contributed by atoms with Crippen LogP contribution in [-0.4, -0.2) is 43.5 Å². The summed E-state index contributed by atoms with van der Waals surface area (Å²) in [5, 5.41) is 11.6. The molecule has 0 atom stereocenters. The summed E-state index contributed by atoms with van der Waals surface area (Å²) >= 11 is 0. The Morgan fingerprint density at radius 1 is 1.19 bits per heavy atom. The highest BCUT2D eigenvalue weighted by atomic mass is 16.5. The average molecular weight is 350 g/mol. The molecule has 2 aromatic carbocycles. The molecule has 5 nitrogen and oxygen atoms in total. The summed E-state index contributed by atoms with van der Waals surface area (Å²) in [6.45, 7) is 8.39. The summed E-state index contributed by atoms with van der Waals surface area (Å²) in [7, 11) is 0. The molecule has 1 aliphatic rings. The van der Waals surface area contributed by atoms with E-state index in [9.17, 15) is 0 Å². The maximum Gasteiger partial charge on any atom is 0.0705 e. The molecular weight excluding hydrogens is 324 g/mol. The van der Waals surface area contributed by atoms with Crippen LogP contribution in [0.5, 0.6) is 0 Å². The molecule has 0 bridgehead atoms. The lowest BCUT2D eigenvalue weighted by Crippen LogP contribution is -2.37. The molecule has 1 aliphatic heterocycles. The standard InChI is InChI=1S/C21H26N4O/c1-2-24-18-7-8-20(22)19(15-18)21(23)17-5-3-16(4-6-17)9-10-25-11-13-26-14-12-25/h2-8,15,23-24H,1,9-14,22H2. The molecule has 3 rings (SSSR count). The lowest BCUT2D eigenvalue weighted by atomic mass is 9.98. The Kier molecular flexibility index (Phi) is 6.04. The van der Waals surface area contributed by atoms with Gasteiger partial charge in [-0.05, 0) is 36.4 Å². The van der Waals surface area contributed by atoms with Crippen LogP contribution in [-0.2, 0) is 11.2 Å². The van der Waals surface area contributed by atoms with Crippen molar-refractivity contribution in [1.82, 2.24) is 4.90 Å². The highest BCUT2D eigenvalue weighted by Crippen LogP contribution is 2.21. The van der Waals surface area contributed by atoms with Crippen molar-refractivity contribution in [2.45, 2.75) is 6.42 Å². The molecule has 0 aromatic heterocycles. The van der Waals surface area contributed by atoms with Crippen LogP contribution in [0.1, 0.15) is 16.7 Å². The van der Waals surface area contributed by atoms with Crippen molar-refractivity contribution >= 4 is 17.1 Å². The molecule has 1 heterocycles. The van der Waals surface area contributed by atoms with E-state index < -0.39 is 0 Å². The van der Waals surface area contributed by atoms with E-state index in [2.05, 4.69) is 28.9 Å². The van der Waals surface area contributed by atoms with Crippen molar-refractivity contribution in [3.63, 3.8) is 0 Å². The molecule has 0 radical (unpaired) electrons. The van der Waals surface area contributed by atoms with Gasteiger partial charge in [0.05, 0.1) is 18.9 Å². The summed E-state index contributed by atoms with van der Waals surface area (Å²) in [6.07, 6.45) is 2.62. The van der Waals surface area contributed by atoms with Crippen molar-refractivity contribution in [2.75, 3.05) is 43.9 Å². The number of nitrogen functional groups attached to an aromatic ring is 1. The van der Waals surface area contributed by atoms with E-state index in [1.165, 1.54) is 5.56 Å². The molecule has 4 N–H and O–H groups in total. The molecule has 1 fully saturated rings. The number of anilines is 2. The molecule has 5 heteroatoms. The largest absolute Gasteiger partial charge is 0.398 e. The fourth-order valence-corrected chi connectivity index (χ4v) is 3.09. The Hall–Kier alpha value is -2.63. The zero-order valence-electron chi connectivity index (χ0n) is 15.0. The monoisotopic (exact) mass is 350 g/mol. The summed E-state index contributed by atoms with van der Waals surface area (Å²) in [5.41, 5.74) is 10.8. The first kappa shape index (κ1) is 18.2. The van der Waals surface area contributed by atoms with Crippen molar-refractivity contribution < 1.29 is 4.74 Å². The molecule has 0 saturated carbocycles. The first-order valence-corrected chi connectivity index (χ1v) is 8.92. The number of ether oxygens (including phenoxy) is 1. The van der Waals surface area contributed by atoms with Crippen molar-refractivity contribution in [1.29, 1.82) is 5.41 Å². The number of morpholine rings is 1. The quantitative estimate of drug-likeness (QED) is 0.530. The fourth-order valence-electron chi connectivity index (χ4n) is 3.09. The van der Waals surface area contributed by atoms with Gasteiger partial charge in [-0.3, -0.25) is 10.3 Å². The maximum atomic E-state index is 8.52. The first-order chi connectivity index (χ1) is 12.7. The van der Waals surface area contributed by atoms with E-state index in [0.29, 0.717) is 11.4 Å². The minimum absolute atomic E-state index is 0.426. The van der Waals surface area contributed by atoms with E-state index in [0.717, 1.165) is 56.1 Å². The third-order valence-electron chi connectivity index (χ3n) is 4.65. The van der Waals surface area contributed by atoms with Crippen LogP contribution in [0.4, 0.5) is 11.4 Å². The SMILES string of the molecule is C=CNc1ccc(N)c(C(=N)c2ccc(CCN3CCOCC3)cc2)c1. The van der Waals surface area contributed by atoms with Crippen molar-refractivity contribution in [3.05, 3.63) is 71.9 Å². The molecule has 0 amide bonds. The van der Waals surface area contributed by atoms with E-state index >= 15 is 0 Å². The molecule has 0 unspecified atom stereocenters. The van der Waals surface area contributed by atoms with Gasteiger partial charge in [0.2, 0.25) is 0 Å². The molecule has 2 aromatic rings. The van der Waals surface area contributed by atoms with E-state index in [1.807, 2.05) is 30.3 Å². The second kappa shape index (κ2) is 8.65. The smallest absolute Gasteiger partial charge is 0.0705 e. The predicted molar refractivity (Wildman–Crippen MR) is 108 cm³/mol. The summed E-state index contributed by atoms with van der Waals surface area (Å²) in [6, 6.07) is 13.8. The minimum Gasteiger partial charge on any atom is -0.398 e. The molecule has 136 valence electrons. The number of rotatable bonds is 7. The number of hydrogen-bond acceptors (Lipinski definition) is 5. The van der Waals surface area contributed by atoms with Gasteiger partial charge in [0, 0.05) is 42.1 Å². The minimum atomic E-state index is 0.426. The van der Waals surface area contributed by atoms with E-state index in [1.54, 1.807) is 6.20 Å². The number of nitrogens with two attached hydrogens (primary N) is 1. The zero-order chi connectivity index (χ0) is 18.4. The number of nitrogens with one attached hydrogen (secondary N) is 2. The highest BCUT2D eigenvalue weighted by molar-refractivity contribution is 6.14. The topological polar surface area (TPSA) is 74.4 Å². The lowest BCUT2D eigenvalue weighted by Gasteiger charge is -2.26. The van der Waals surface area contributed by atoms with Crippen LogP contribution < -0.4 is 11.1 Å². The Balaban J connectivity index is 1.66. The van der Waals surface area contributed by atoms with Crippen LogP contribution in [0, 0.1) is 5.41 Å². The normalized spacial score (nSPS) is 14.8. The second-order valence-electron chi connectivity index (χ2n) is 6.43. The lowest BCUT2D eigenvalue weighted by molar-refractivity contribution is 0.0384. The third kappa shape index (κ3) is 4.50. The van der Waals surface area contributed by atoms with Gasteiger partial charge < -0.3 is 15.8 Å². The van der Waals surface area contributed by atoms with Gasteiger partial charge in [0.1, 0.15) is 0 Å². The predicted octanol–water partition coefficient (Wildman–Crippen LogP) is 3.12. The molecule has 1 saturated heterocycles. The summed E-state index contributed by atoms with van der Waals surface area (Å²) < 4.78 is 5.38. The van der Waals surface area contributed by atoms with Gasteiger partial charge in [-0.25, -0.2) is 0 Å². The Morgan fingerprint density at radius 3 is 2.62 bits per heavy atom. The molecule has 26 heavy (non-hydrogen) atoms. The van der Waals surface area contributed by atoms with Gasteiger partial charge in [0.15, 0.2) is 0 Å². The van der Waals surface area contributed by atoms with Crippen LogP contribution in [0.15, 0.2) is 55.2 Å². The first-order valence-electron chi connectivity index (χ1n) is 8.92. The molecule has 0 aliphatic carbocycles. The Morgan fingerprint density at radius 2 is 1.92 bits per heavy atom. The van der Waals surface area contributed by atoms with Gasteiger partial charge in [-0.2, -0.15) is 0 Å². The Bertz CT molecular complexity index is 764. The number of benzene rings is 2. The van der Waals surface area contributed by atoms with Crippen LogP contribution >= 0.6 is 0 Å². The third-order valence-corrected chi connectivity index (χ3v) is 4.65. The van der Waals surface area contributed by atoms with Gasteiger partial charge in [-0.1, -0.05) is 30.8 Å². The Labute approximate surface area is 155 Å². The molecular formula is C21H26N4O. The number of hydrogen-bond donors (Lipinski definition) is 3. The summed E-state index contributed by atoms with van der Waals surface area (Å²) in [4.78, 5) is 2.43. The van der Waals surface area contributed by atoms with Crippen molar-refractivity contribution in [2.24, 2.45) is 0 Å². The van der Waals surface area contributed by atoms with Crippen LogP contribution in [0.3, 0.4) is 0 Å².